The average molecular weight is 341 g/mol. The van der Waals surface area contributed by atoms with Crippen LogP contribution in [0.25, 0.3) is 11.6 Å². The molecule has 1 fully saturated rings. The normalized spacial score (nSPS) is 15.1. The first-order valence-corrected chi connectivity index (χ1v) is 8.27. The molecular weight excluding hydrogens is 322 g/mol. The lowest BCUT2D eigenvalue weighted by Crippen LogP contribution is -2.42. The topological polar surface area (TPSA) is 100 Å². The minimum Gasteiger partial charge on any atom is -0.467 e. The van der Waals surface area contributed by atoms with E-state index >= 15 is 0 Å². The summed E-state index contributed by atoms with van der Waals surface area (Å²) in [5.41, 5.74) is 0. The largest absolute Gasteiger partial charge is 0.467 e. The smallest absolute Gasteiger partial charge is 0.318 e. The molecule has 8 nitrogen and oxygen atoms in total. The third-order valence-electron chi connectivity index (χ3n) is 4.23. The summed E-state index contributed by atoms with van der Waals surface area (Å²) in [7, 11) is 0. The molecule has 0 bridgehead atoms. The summed E-state index contributed by atoms with van der Waals surface area (Å²) >= 11 is 0. The zero-order valence-corrected chi connectivity index (χ0v) is 13.8. The van der Waals surface area contributed by atoms with Crippen LogP contribution >= 0.6 is 0 Å². The molecule has 3 aromatic rings. The van der Waals surface area contributed by atoms with E-state index in [4.69, 9.17) is 8.83 Å². The molecule has 4 rings (SSSR count). The van der Waals surface area contributed by atoms with Crippen LogP contribution in [0.2, 0.25) is 0 Å². The Balaban J connectivity index is 1.40. The van der Waals surface area contributed by atoms with E-state index < -0.39 is 0 Å². The Labute approximate surface area is 144 Å². The molecule has 0 radical (unpaired) electrons. The Morgan fingerprint density at radius 3 is 2.84 bits per heavy atom. The van der Waals surface area contributed by atoms with Crippen LogP contribution in [-0.2, 0) is 6.54 Å². The molecule has 1 unspecified atom stereocenters. The monoisotopic (exact) mass is 341 g/mol. The van der Waals surface area contributed by atoms with E-state index in [2.05, 4.69) is 20.5 Å². The number of amides is 2. The molecule has 8 heteroatoms. The standard InChI is InChI=1S/C17H19N5O3/c1-11(13-4-2-8-24-13)22(12-6-7-12)17(23)18-10-15-19-16(21-20-15)14-5-3-9-25-14/h2-5,8-9,11-12H,6-7,10H2,1H3,(H,18,23)(H,19,20,21). The van der Waals surface area contributed by atoms with E-state index in [1.165, 1.54) is 0 Å². The van der Waals surface area contributed by atoms with Crippen molar-refractivity contribution in [2.75, 3.05) is 0 Å². The zero-order chi connectivity index (χ0) is 17.2. The van der Waals surface area contributed by atoms with E-state index in [0.29, 0.717) is 17.4 Å². The number of nitrogens with zero attached hydrogens (tertiary/aromatic N) is 3. The van der Waals surface area contributed by atoms with Crippen molar-refractivity contribution in [2.45, 2.75) is 38.4 Å². The van der Waals surface area contributed by atoms with Gasteiger partial charge in [-0.1, -0.05) is 0 Å². The highest BCUT2D eigenvalue weighted by atomic mass is 16.3. The number of hydrogen-bond donors (Lipinski definition) is 2. The Bertz CT molecular complexity index is 820. The van der Waals surface area contributed by atoms with Crippen LogP contribution in [0.1, 0.15) is 37.4 Å². The van der Waals surface area contributed by atoms with Gasteiger partial charge in [0.25, 0.3) is 0 Å². The van der Waals surface area contributed by atoms with Crippen LogP contribution in [-0.4, -0.2) is 32.2 Å². The number of aromatic amines is 1. The van der Waals surface area contributed by atoms with Crippen LogP contribution in [0.4, 0.5) is 4.79 Å². The quantitative estimate of drug-likeness (QED) is 0.717. The van der Waals surface area contributed by atoms with E-state index in [1.54, 1.807) is 24.7 Å². The SMILES string of the molecule is CC(c1ccco1)N(C(=O)NCc1nc(-c2ccco2)n[nH]1)C1CC1. The van der Waals surface area contributed by atoms with Gasteiger partial charge in [0.2, 0.25) is 5.82 Å². The number of carbonyl (C=O) groups is 1. The highest BCUT2D eigenvalue weighted by Gasteiger charge is 2.37. The summed E-state index contributed by atoms with van der Waals surface area (Å²) in [6, 6.07) is 7.29. The minimum atomic E-state index is -0.137. The summed E-state index contributed by atoms with van der Waals surface area (Å²) < 4.78 is 10.7. The molecule has 0 saturated heterocycles. The molecule has 1 aliphatic rings. The highest BCUT2D eigenvalue weighted by molar-refractivity contribution is 5.75. The fraction of sp³-hybridized carbons (Fsp3) is 0.353. The van der Waals surface area contributed by atoms with Gasteiger partial charge in [0.1, 0.15) is 11.6 Å². The number of furan rings is 2. The Morgan fingerprint density at radius 1 is 1.36 bits per heavy atom. The summed E-state index contributed by atoms with van der Waals surface area (Å²) in [4.78, 5) is 18.8. The molecule has 1 atom stereocenters. The number of aromatic nitrogens is 3. The first kappa shape index (κ1) is 15.5. The van der Waals surface area contributed by atoms with Gasteiger partial charge in [-0.2, -0.15) is 0 Å². The Kier molecular flexibility index (Phi) is 4.01. The van der Waals surface area contributed by atoms with Gasteiger partial charge < -0.3 is 19.1 Å². The van der Waals surface area contributed by atoms with Crippen molar-refractivity contribution < 1.29 is 13.6 Å². The maximum Gasteiger partial charge on any atom is 0.318 e. The molecule has 25 heavy (non-hydrogen) atoms. The number of nitrogens with one attached hydrogen (secondary N) is 2. The fourth-order valence-electron chi connectivity index (χ4n) is 2.82. The second-order valence-electron chi connectivity index (χ2n) is 6.07. The van der Waals surface area contributed by atoms with Crippen molar-refractivity contribution in [2.24, 2.45) is 0 Å². The van der Waals surface area contributed by atoms with Gasteiger partial charge in [0.05, 0.1) is 25.1 Å². The van der Waals surface area contributed by atoms with Crippen molar-refractivity contribution in [3.8, 4) is 11.6 Å². The van der Waals surface area contributed by atoms with E-state index in [9.17, 15) is 4.79 Å². The van der Waals surface area contributed by atoms with Crippen LogP contribution in [0.15, 0.2) is 45.6 Å². The number of hydrogen-bond acceptors (Lipinski definition) is 5. The van der Waals surface area contributed by atoms with Crippen LogP contribution in [0.3, 0.4) is 0 Å². The summed E-state index contributed by atoms with van der Waals surface area (Å²) in [6.07, 6.45) is 5.23. The maximum absolute atomic E-state index is 12.7. The second kappa shape index (κ2) is 6.46. The van der Waals surface area contributed by atoms with Gasteiger partial charge >= 0.3 is 6.03 Å². The molecule has 3 heterocycles. The first-order valence-electron chi connectivity index (χ1n) is 8.27. The molecule has 2 N–H and O–H groups in total. The summed E-state index contributed by atoms with van der Waals surface area (Å²) in [5.74, 6) is 2.40. The molecule has 1 aliphatic carbocycles. The second-order valence-corrected chi connectivity index (χ2v) is 6.07. The van der Waals surface area contributed by atoms with Gasteiger partial charge in [-0.15, -0.1) is 5.10 Å². The van der Waals surface area contributed by atoms with Crippen molar-refractivity contribution in [1.29, 1.82) is 0 Å². The number of carbonyl (C=O) groups excluding carboxylic acids is 1. The molecular formula is C17H19N5O3. The molecule has 0 aromatic carbocycles. The van der Waals surface area contributed by atoms with Gasteiger partial charge in [-0.05, 0) is 44.0 Å². The maximum atomic E-state index is 12.7. The van der Waals surface area contributed by atoms with E-state index in [1.807, 2.05) is 24.0 Å². The first-order chi connectivity index (χ1) is 12.2. The van der Waals surface area contributed by atoms with Gasteiger partial charge in [0, 0.05) is 6.04 Å². The van der Waals surface area contributed by atoms with Gasteiger partial charge in [-0.3, -0.25) is 5.10 Å². The lowest BCUT2D eigenvalue weighted by Gasteiger charge is -2.28. The van der Waals surface area contributed by atoms with E-state index in [-0.39, 0.29) is 24.7 Å². The Morgan fingerprint density at radius 2 is 2.16 bits per heavy atom. The third-order valence-corrected chi connectivity index (χ3v) is 4.23. The molecule has 1 saturated carbocycles. The van der Waals surface area contributed by atoms with Gasteiger partial charge in [-0.25, -0.2) is 9.78 Å². The number of H-pyrrole nitrogens is 1. The van der Waals surface area contributed by atoms with Crippen molar-refractivity contribution in [3.63, 3.8) is 0 Å². The summed E-state index contributed by atoms with van der Waals surface area (Å²) in [6.45, 7) is 2.24. The third kappa shape index (κ3) is 3.28. The van der Waals surface area contributed by atoms with Crippen molar-refractivity contribution in [3.05, 3.63) is 48.4 Å². The predicted molar refractivity (Wildman–Crippen MR) is 88.3 cm³/mol. The minimum absolute atomic E-state index is 0.115. The number of rotatable bonds is 6. The van der Waals surface area contributed by atoms with Crippen LogP contribution < -0.4 is 5.32 Å². The van der Waals surface area contributed by atoms with Crippen molar-refractivity contribution >= 4 is 6.03 Å². The molecule has 0 spiro atoms. The predicted octanol–water partition coefficient (Wildman–Crippen LogP) is 3.09. The summed E-state index contributed by atoms with van der Waals surface area (Å²) in [5, 5.41) is 9.81. The van der Waals surface area contributed by atoms with Crippen LogP contribution in [0, 0.1) is 0 Å². The van der Waals surface area contributed by atoms with E-state index in [0.717, 1.165) is 18.6 Å². The zero-order valence-electron chi connectivity index (χ0n) is 13.8. The van der Waals surface area contributed by atoms with Crippen LogP contribution in [0.5, 0.6) is 0 Å². The number of urea groups is 1. The lowest BCUT2D eigenvalue weighted by atomic mass is 10.2. The average Bonchev–Trinajstić information content (AvgIpc) is 3.11. The molecule has 2 amide bonds. The fourth-order valence-corrected chi connectivity index (χ4v) is 2.82. The lowest BCUT2D eigenvalue weighted by molar-refractivity contribution is 0.165. The molecule has 0 aliphatic heterocycles. The van der Waals surface area contributed by atoms with Crippen molar-refractivity contribution in [1.82, 2.24) is 25.4 Å². The Hall–Kier alpha value is -3.03. The van der Waals surface area contributed by atoms with Gasteiger partial charge in [0.15, 0.2) is 5.76 Å². The highest BCUT2D eigenvalue weighted by Crippen LogP contribution is 2.34. The molecule has 130 valence electrons. The molecule has 3 aromatic heterocycles.